The minimum Gasteiger partial charge on any atom is -0.508 e. The second-order valence-electron chi connectivity index (χ2n) is 5.46. The summed E-state index contributed by atoms with van der Waals surface area (Å²) in [5, 5.41) is 21.8. The highest BCUT2D eigenvalue weighted by Gasteiger charge is 2.44. The van der Waals surface area contributed by atoms with Crippen molar-refractivity contribution in [3.8, 4) is 5.75 Å². The number of fused-ring (bicyclic) bond motifs is 1. The summed E-state index contributed by atoms with van der Waals surface area (Å²) in [6.45, 7) is 0. The third kappa shape index (κ3) is 1.99. The lowest BCUT2D eigenvalue weighted by atomic mass is 9.77. The maximum absolute atomic E-state index is 11.8. The normalized spacial score (nSPS) is 17.4. The highest BCUT2D eigenvalue weighted by Crippen LogP contribution is 2.46. The van der Waals surface area contributed by atoms with Crippen LogP contribution in [0.5, 0.6) is 5.75 Å². The van der Waals surface area contributed by atoms with Crippen LogP contribution in [0.3, 0.4) is 0 Å². The van der Waals surface area contributed by atoms with Crippen LogP contribution in [0.25, 0.3) is 10.8 Å². The zero-order chi connectivity index (χ0) is 14.3. The monoisotopic (exact) mass is 334 g/mol. The van der Waals surface area contributed by atoms with Gasteiger partial charge in [-0.15, -0.1) is 0 Å². The molecule has 3 nitrogen and oxygen atoms in total. The number of phenolic OH excluding ortho intramolecular Hbond substituents is 1. The molecule has 0 spiro atoms. The first-order valence-electron chi connectivity index (χ1n) is 6.69. The van der Waals surface area contributed by atoms with E-state index in [2.05, 4.69) is 15.9 Å². The first-order chi connectivity index (χ1) is 9.53. The third-order valence-corrected chi connectivity index (χ3v) is 4.79. The summed E-state index contributed by atoms with van der Waals surface area (Å²) in [5.41, 5.74) is -0.381. The van der Waals surface area contributed by atoms with E-state index >= 15 is 0 Å². The third-order valence-electron chi connectivity index (χ3n) is 4.30. The van der Waals surface area contributed by atoms with Crippen LogP contribution in [0.1, 0.15) is 31.2 Å². The van der Waals surface area contributed by atoms with E-state index < -0.39 is 11.4 Å². The van der Waals surface area contributed by atoms with E-state index in [0.29, 0.717) is 18.4 Å². The van der Waals surface area contributed by atoms with Crippen LogP contribution in [0.15, 0.2) is 34.8 Å². The molecule has 104 valence electrons. The summed E-state index contributed by atoms with van der Waals surface area (Å²) in [5.74, 6) is -0.747. The Hall–Kier alpha value is -1.55. The molecule has 2 N–H and O–H groups in total. The molecular weight excluding hydrogens is 320 g/mol. The Morgan fingerprint density at radius 1 is 1.10 bits per heavy atom. The number of hydrogen-bond donors (Lipinski definition) is 2. The molecule has 0 saturated heterocycles. The minimum atomic E-state index is -0.930. The van der Waals surface area contributed by atoms with Gasteiger partial charge in [0, 0.05) is 10.0 Å². The van der Waals surface area contributed by atoms with Crippen LogP contribution in [0.2, 0.25) is 0 Å². The number of aromatic hydroxyl groups is 1. The number of carbonyl (C=O) groups is 1. The standard InChI is InChI=1S/C16H15BrO3/c17-12-4-3-10-9-14(18)13(8-11(10)7-12)16(15(19)20)5-1-2-6-16/h3-4,7-9,18H,1-2,5-6H2,(H,19,20). The Morgan fingerprint density at radius 3 is 2.45 bits per heavy atom. The fourth-order valence-corrected chi connectivity index (χ4v) is 3.60. The lowest BCUT2D eigenvalue weighted by Gasteiger charge is -2.25. The fourth-order valence-electron chi connectivity index (χ4n) is 3.22. The number of phenols is 1. The molecule has 0 heterocycles. The van der Waals surface area contributed by atoms with Gasteiger partial charge in [0.2, 0.25) is 0 Å². The quantitative estimate of drug-likeness (QED) is 0.865. The smallest absolute Gasteiger partial charge is 0.314 e. The zero-order valence-corrected chi connectivity index (χ0v) is 12.5. The Bertz CT molecular complexity index is 687. The number of hydrogen-bond acceptors (Lipinski definition) is 2. The molecule has 0 amide bonds. The van der Waals surface area contributed by atoms with E-state index in [1.54, 1.807) is 6.07 Å². The number of carboxylic acid groups (broad SMARTS) is 1. The molecule has 0 atom stereocenters. The molecule has 2 aromatic carbocycles. The molecule has 1 fully saturated rings. The Kier molecular flexibility index (Phi) is 3.21. The van der Waals surface area contributed by atoms with E-state index in [9.17, 15) is 15.0 Å². The van der Waals surface area contributed by atoms with Crippen LogP contribution < -0.4 is 0 Å². The zero-order valence-electron chi connectivity index (χ0n) is 10.9. The van der Waals surface area contributed by atoms with Gasteiger partial charge in [0.05, 0.1) is 5.41 Å². The van der Waals surface area contributed by atoms with Crippen molar-refractivity contribution < 1.29 is 15.0 Å². The fraction of sp³-hybridized carbons (Fsp3) is 0.312. The van der Waals surface area contributed by atoms with Gasteiger partial charge in [-0.05, 0) is 47.9 Å². The molecule has 0 radical (unpaired) electrons. The number of carboxylic acids is 1. The molecule has 2 aromatic rings. The molecule has 0 aromatic heterocycles. The second-order valence-corrected chi connectivity index (χ2v) is 6.37. The van der Waals surface area contributed by atoms with Crippen molar-refractivity contribution in [1.29, 1.82) is 0 Å². The van der Waals surface area contributed by atoms with E-state index in [0.717, 1.165) is 28.1 Å². The van der Waals surface area contributed by atoms with Crippen LogP contribution in [0.4, 0.5) is 0 Å². The average Bonchev–Trinajstić information content (AvgIpc) is 2.89. The van der Waals surface area contributed by atoms with Crippen molar-refractivity contribution in [1.82, 2.24) is 0 Å². The summed E-state index contributed by atoms with van der Waals surface area (Å²) in [6, 6.07) is 9.26. The van der Waals surface area contributed by atoms with Crippen molar-refractivity contribution in [2.45, 2.75) is 31.1 Å². The summed E-state index contributed by atoms with van der Waals surface area (Å²) < 4.78 is 0.942. The first-order valence-corrected chi connectivity index (χ1v) is 7.48. The van der Waals surface area contributed by atoms with Crippen molar-refractivity contribution >= 4 is 32.7 Å². The van der Waals surface area contributed by atoms with Gasteiger partial charge in [-0.25, -0.2) is 0 Å². The number of benzene rings is 2. The number of rotatable bonds is 2. The van der Waals surface area contributed by atoms with Crippen LogP contribution in [-0.4, -0.2) is 16.2 Å². The maximum Gasteiger partial charge on any atom is 0.314 e. The molecule has 4 heteroatoms. The van der Waals surface area contributed by atoms with Gasteiger partial charge in [0.1, 0.15) is 5.75 Å². The number of aliphatic carboxylic acids is 1. The molecule has 3 rings (SSSR count). The average molecular weight is 335 g/mol. The van der Waals surface area contributed by atoms with Crippen molar-refractivity contribution in [2.75, 3.05) is 0 Å². The highest BCUT2D eigenvalue weighted by molar-refractivity contribution is 9.10. The van der Waals surface area contributed by atoms with Gasteiger partial charge in [0.15, 0.2) is 0 Å². The highest BCUT2D eigenvalue weighted by atomic mass is 79.9. The van der Waals surface area contributed by atoms with Crippen LogP contribution >= 0.6 is 15.9 Å². The molecule has 0 unspecified atom stereocenters. The second kappa shape index (κ2) is 4.77. The molecule has 0 aliphatic heterocycles. The predicted octanol–water partition coefficient (Wildman–Crippen LogP) is 4.20. The summed E-state index contributed by atoms with van der Waals surface area (Å²) in [6.07, 6.45) is 2.97. The Balaban J connectivity index is 2.24. The van der Waals surface area contributed by atoms with E-state index in [1.807, 2.05) is 24.3 Å². The van der Waals surface area contributed by atoms with E-state index in [1.165, 1.54) is 0 Å². The van der Waals surface area contributed by atoms with Gasteiger partial charge in [-0.3, -0.25) is 4.79 Å². The SMILES string of the molecule is O=C(O)C1(c2cc3cc(Br)ccc3cc2O)CCCC1. The van der Waals surface area contributed by atoms with Crippen LogP contribution in [-0.2, 0) is 10.2 Å². The summed E-state index contributed by atoms with van der Waals surface area (Å²) >= 11 is 3.42. The first kappa shape index (κ1) is 13.4. The topological polar surface area (TPSA) is 57.5 Å². The predicted molar refractivity (Wildman–Crippen MR) is 81.1 cm³/mol. The van der Waals surface area contributed by atoms with Crippen LogP contribution in [0, 0.1) is 0 Å². The minimum absolute atomic E-state index is 0.0872. The number of halogens is 1. The van der Waals surface area contributed by atoms with Crippen molar-refractivity contribution in [2.24, 2.45) is 0 Å². The van der Waals surface area contributed by atoms with E-state index in [4.69, 9.17) is 0 Å². The molecule has 0 bridgehead atoms. The molecule has 1 aliphatic carbocycles. The summed E-state index contributed by atoms with van der Waals surface area (Å²) in [7, 11) is 0. The lowest BCUT2D eigenvalue weighted by Crippen LogP contribution is -2.32. The summed E-state index contributed by atoms with van der Waals surface area (Å²) in [4.78, 5) is 11.8. The van der Waals surface area contributed by atoms with Gasteiger partial charge in [-0.1, -0.05) is 34.8 Å². The largest absolute Gasteiger partial charge is 0.508 e. The van der Waals surface area contributed by atoms with Gasteiger partial charge < -0.3 is 10.2 Å². The van der Waals surface area contributed by atoms with Gasteiger partial charge >= 0.3 is 5.97 Å². The molecule has 20 heavy (non-hydrogen) atoms. The molecule has 1 saturated carbocycles. The molecular formula is C16H15BrO3. The van der Waals surface area contributed by atoms with Crippen molar-refractivity contribution in [3.05, 3.63) is 40.4 Å². The maximum atomic E-state index is 11.8. The van der Waals surface area contributed by atoms with E-state index in [-0.39, 0.29) is 5.75 Å². The lowest BCUT2D eigenvalue weighted by molar-refractivity contribution is -0.143. The molecule has 1 aliphatic rings. The van der Waals surface area contributed by atoms with Crippen molar-refractivity contribution in [3.63, 3.8) is 0 Å². The van der Waals surface area contributed by atoms with Gasteiger partial charge in [0.25, 0.3) is 0 Å². The van der Waals surface area contributed by atoms with Gasteiger partial charge in [-0.2, -0.15) is 0 Å². The Morgan fingerprint density at radius 2 is 1.80 bits per heavy atom. The Labute approximate surface area is 125 Å².